The average molecular weight is 259 g/mol. The zero-order valence-electron chi connectivity index (χ0n) is 12.1. The molecule has 0 amide bonds. The van der Waals surface area contributed by atoms with Gasteiger partial charge in [0.15, 0.2) is 0 Å². The minimum atomic E-state index is 0.801. The van der Waals surface area contributed by atoms with E-state index >= 15 is 0 Å². The van der Waals surface area contributed by atoms with Crippen molar-refractivity contribution in [1.82, 2.24) is 9.88 Å². The first-order valence-electron chi connectivity index (χ1n) is 7.17. The fraction of sp³-hybridized carbons (Fsp3) is 0.500. The van der Waals surface area contributed by atoms with Crippen LogP contribution in [-0.2, 0) is 6.42 Å². The first-order valence-corrected chi connectivity index (χ1v) is 7.17. The second kappa shape index (κ2) is 6.73. The maximum atomic E-state index is 5.53. The van der Waals surface area contributed by atoms with Crippen molar-refractivity contribution in [2.24, 2.45) is 5.73 Å². The molecule has 0 aliphatic rings. The van der Waals surface area contributed by atoms with Crippen LogP contribution >= 0.6 is 0 Å². The number of fused-ring (bicyclic) bond motifs is 1. The van der Waals surface area contributed by atoms with Gasteiger partial charge in [0.1, 0.15) is 0 Å². The minimum absolute atomic E-state index is 0.801. The van der Waals surface area contributed by atoms with Gasteiger partial charge in [-0.25, -0.2) is 0 Å². The number of nitrogens with one attached hydrogen (secondary N) is 1. The van der Waals surface area contributed by atoms with Gasteiger partial charge >= 0.3 is 0 Å². The molecule has 0 aliphatic heterocycles. The summed E-state index contributed by atoms with van der Waals surface area (Å²) in [5.74, 6) is 0. The van der Waals surface area contributed by atoms with Crippen LogP contribution in [0.3, 0.4) is 0 Å². The lowest BCUT2D eigenvalue weighted by Crippen LogP contribution is -2.23. The van der Waals surface area contributed by atoms with E-state index in [0.717, 1.165) is 32.5 Å². The van der Waals surface area contributed by atoms with Crippen LogP contribution in [-0.4, -0.2) is 36.6 Å². The number of likely N-dealkylation sites (N-methyl/N-ethyl adjacent to an activating group) is 1. The van der Waals surface area contributed by atoms with E-state index in [1.54, 1.807) is 0 Å². The van der Waals surface area contributed by atoms with Crippen LogP contribution < -0.4 is 5.73 Å². The highest BCUT2D eigenvalue weighted by molar-refractivity contribution is 5.84. The molecule has 0 fully saturated rings. The van der Waals surface area contributed by atoms with Crippen molar-refractivity contribution in [1.29, 1.82) is 0 Å². The molecular weight excluding hydrogens is 234 g/mol. The van der Waals surface area contributed by atoms with E-state index in [-0.39, 0.29) is 0 Å². The number of nitrogens with zero attached hydrogens (tertiary/aromatic N) is 1. The summed E-state index contributed by atoms with van der Waals surface area (Å²) in [5, 5.41) is 1.37. The predicted octanol–water partition coefficient (Wildman–Crippen LogP) is 2.69. The van der Waals surface area contributed by atoms with Crippen LogP contribution in [0.2, 0.25) is 0 Å². The molecule has 104 valence electrons. The van der Waals surface area contributed by atoms with Crippen molar-refractivity contribution in [3.63, 3.8) is 0 Å². The molecule has 2 aromatic rings. The van der Waals surface area contributed by atoms with Gasteiger partial charge in [0.25, 0.3) is 0 Å². The molecule has 3 N–H and O–H groups in total. The van der Waals surface area contributed by atoms with E-state index in [1.165, 1.54) is 28.6 Å². The first-order chi connectivity index (χ1) is 9.22. The highest BCUT2D eigenvalue weighted by atomic mass is 15.1. The third-order valence-electron chi connectivity index (χ3n) is 3.76. The van der Waals surface area contributed by atoms with Crippen molar-refractivity contribution >= 4 is 10.9 Å². The lowest BCUT2D eigenvalue weighted by molar-refractivity contribution is 0.331. The highest BCUT2D eigenvalue weighted by Gasteiger charge is 2.08. The Balaban J connectivity index is 1.96. The SMILES string of the molecule is Cc1[nH]c2ccccc2c1CCN(C)CCCCN. The topological polar surface area (TPSA) is 45.0 Å². The Hall–Kier alpha value is -1.32. The largest absolute Gasteiger partial charge is 0.358 e. The second-order valence-electron chi connectivity index (χ2n) is 5.32. The van der Waals surface area contributed by atoms with Crippen molar-refractivity contribution in [3.8, 4) is 0 Å². The fourth-order valence-corrected chi connectivity index (χ4v) is 2.60. The van der Waals surface area contributed by atoms with Crippen molar-refractivity contribution < 1.29 is 0 Å². The molecule has 0 spiro atoms. The number of aryl methyl sites for hydroxylation is 1. The lowest BCUT2D eigenvalue weighted by Gasteiger charge is -2.16. The average Bonchev–Trinajstić information content (AvgIpc) is 2.72. The molecule has 0 saturated heterocycles. The third kappa shape index (κ3) is 3.58. The van der Waals surface area contributed by atoms with Crippen molar-refractivity contribution in [2.45, 2.75) is 26.2 Å². The summed E-state index contributed by atoms with van der Waals surface area (Å²) in [5.41, 5.74) is 9.54. The maximum absolute atomic E-state index is 5.53. The normalized spacial score (nSPS) is 11.6. The summed E-state index contributed by atoms with van der Waals surface area (Å²) in [6, 6.07) is 8.56. The van der Waals surface area contributed by atoms with E-state index in [2.05, 4.69) is 48.1 Å². The Labute approximate surface area is 115 Å². The van der Waals surface area contributed by atoms with Crippen LogP contribution in [0.1, 0.15) is 24.1 Å². The van der Waals surface area contributed by atoms with Crippen LogP contribution in [0.4, 0.5) is 0 Å². The number of hydrogen-bond donors (Lipinski definition) is 2. The summed E-state index contributed by atoms with van der Waals surface area (Å²) < 4.78 is 0. The van der Waals surface area contributed by atoms with E-state index in [0.29, 0.717) is 0 Å². The molecule has 0 saturated carbocycles. The number of H-pyrrole nitrogens is 1. The monoisotopic (exact) mass is 259 g/mol. The Bertz CT molecular complexity index is 516. The predicted molar refractivity (Wildman–Crippen MR) is 82.5 cm³/mol. The quantitative estimate of drug-likeness (QED) is 0.751. The summed E-state index contributed by atoms with van der Waals surface area (Å²) in [4.78, 5) is 5.87. The van der Waals surface area contributed by atoms with Gasteiger partial charge in [0.2, 0.25) is 0 Å². The van der Waals surface area contributed by atoms with E-state index in [9.17, 15) is 0 Å². The van der Waals surface area contributed by atoms with Crippen LogP contribution in [0.25, 0.3) is 10.9 Å². The van der Waals surface area contributed by atoms with Gasteiger partial charge in [-0.1, -0.05) is 18.2 Å². The Morgan fingerprint density at radius 2 is 1.95 bits per heavy atom. The zero-order valence-corrected chi connectivity index (χ0v) is 12.1. The molecule has 0 unspecified atom stereocenters. The van der Waals surface area contributed by atoms with Gasteiger partial charge in [-0.15, -0.1) is 0 Å². The molecule has 0 aliphatic carbocycles. The second-order valence-corrected chi connectivity index (χ2v) is 5.32. The smallest absolute Gasteiger partial charge is 0.0458 e. The standard InChI is InChI=1S/C16H25N3/c1-13-14(9-12-19(2)11-6-5-10-17)15-7-3-4-8-16(15)18-13/h3-4,7-8,18H,5-6,9-12,17H2,1-2H3. The van der Waals surface area contributed by atoms with Gasteiger partial charge in [0.05, 0.1) is 0 Å². The van der Waals surface area contributed by atoms with Gasteiger partial charge in [-0.05, 0) is 58.0 Å². The number of hydrogen-bond acceptors (Lipinski definition) is 2. The molecule has 0 radical (unpaired) electrons. The van der Waals surface area contributed by atoms with Crippen LogP contribution in [0.5, 0.6) is 0 Å². The van der Waals surface area contributed by atoms with Gasteiger partial charge in [0, 0.05) is 23.1 Å². The zero-order chi connectivity index (χ0) is 13.7. The fourth-order valence-electron chi connectivity index (χ4n) is 2.60. The van der Waals surface area contributed by atoms with E-state index in [1.807, 2.05) is 0 Å². The Morgan fingerprint density at radius 3 is 2.74 bits per heavy atom. The molecule has 2 rings (SSSR count). The highest BCUT2D eigenvalue weighted by Crippen LogP contribution is 2.22. The summed E-state index contributed by atoms with van der Waals surface area (Å²) >= 11 is 0. The minimum Gasteiger partial charge on any atom is -0.358 e. The van der Waals surface area contributed by atoms with Crippen molar-refractivity contribution in [3.05, 3.63) is 35.5 Å². The number of rotatable bonds is 7. The molecule has 0 bridgehead atoms. The molecule has 1 aromatic carbocycles. The number of nitrogens with two attached hydrogens (primary N) is 1. The number of aromatic nitrogens is 1. The number of benzene rings is 1. The lowest BCUT2D eigenvalue weighted by atomic mass is 10.1. The van der Waals surface area contributed by atoms with Gasteiger partial charge in [-0.3, -0.25) is 0 Å². The number of unbranched alkanes of at least 4 members (excludes halogenated alkanes) is 1. The molecular formula is C16H25N3. The van der Waals surface area contributed by atoms with Crippen LogP contribution in [0.15, 0.2) is 24.3 Å². The maximum Gasteiger partial charge on any atom is 0.0458 e. The van der Waals surface area contributed by atoms with E-state index in [4.69, 9.17) is 5.73 Å². The Morgan fingerprint density at radius 1 is 1.16 bits per heavy atom. The summed E-state index contributed by atoms with van der Waals surface area (Å²) in [6.07, 6.45) is 3.42. The Kier molecular flexibility index (Phi) is 5.00. The summed E-state index contributed by atoms with van der Waals surface area (Å²) in [6.45, 7) is 5.21. The molecule has 1 heterocycles. The number of para-hydroxylation sites is 1. The van der Waals surface area contributed by atoms with E-state index < -0.39 is 0 Å². The molecule has 3 heteroatoms. The third-order valence-corrected chi connectivity index (χ3v) is 3.76. The summed E-state index contributed by atoms with van der Waals surface area (Å²) in [7, 11) is 2.20. The van der Waals surface area contributed by atoms with Crippen LogP contribution in [0, 0.1) is 6.92 Å². The van der Waals surface area contributed by atoms with Gasteiger partial charge in [-0.2, -0.15) is 0 Å². The van der Waals surface area contributed by atoms with Crippen molar-refractivity contribution in [2.75, 3.05) is 26.7 Å². The molecule has 3 nitrogen and oxygen atoms in total. The molecule has 1 aromatic heterocycles. The first kappa shape index (κ1) is 14.1. The van der Waals surface area contributed by atoms with Gasteiger partial charge < -0.3 is 15.6 Å². The molecule has 19 heavy (non-hydrogen) atoms. The molecule has 0 atom stereocenters. The number of aromatic amines is 1.